The molecule has 11 aromatic rings. The molecular weight excluding hydrogens is 679 g/mol. The van der Waals surface area contributed by atoms with E-state index in [1.54, 1.807) is 11.3 Å². The minimum atomic E-state index is 0.593. The first kappa shape index (κ1) is 30.7. The number of nitrogens with zero attached hydrogens (tertiary/aromatic N) is 3. The molecule has 11 rings (SSSR count). The fourth-order valence-corrected chi connectivity index (χ4v) is 8.94. The van der Waals surface area contributed by atoms with Crippen LogP contribution in [0, 0.1) is 0 Å². The average Bonchev–Trinajstić information content (AvgIpc) is 3.82. The molecule has 5 heteroatoms. The van der Waals surface area contributed by atoms with Gasteiger partial charge >= 0.3 is 0 Å². The zero-order valence-corrected chi connectivity index (χ0v) is 29.7. The molecule has 0 radical (unpaired) electrons. The van der Waals surface area contributed by atoms with Gasteiger partial charge in [0.1, 0.15) is 11.2 Å². The lowest BCUT2D eigenvalue weighted by Crippen LogP contribution is -2.01. The molecule has 0 unspecified atom stereocenters. The third-order valence-electron chi connectivity index (χ3n) is 10.4. The Morgan fingerprint density at radius 3 is 1.74 bits per heavy atom. The van der Waals surface area contributed by atoms with Crippen LogP contribution in [0.25, 0.3) is 109 Å². The monoisotopic (exact) mass is 707 g/mol. The van der Waals surface area contributed by atoms with E-state index in [1.807, 2.05) is 18.2 Å². The van der Waals surface area contributed by atoms with Crippen molar-refractivity contribution < 1.29 is 4.42 Å². The Bertz CT molecular complexity index is 3220. The Kier molecular flexibility index (Phi) is 7.00. The summed E-state index contributed by atoms with van der Waals surface area (Å²) in [5, 5.41) is 6.66. The number of fused-ring (bicyclic) bond motifs is 8. The summed E-state index contributed by atoms with van der Waals surface area (Å²) in [6, 6.07) is 61.4. The molecule has 0 N–H and O–H groups in total. The predicted octanol–water partition coefficient (Wildman–Crippen LogP) is 13.6. The smallest absolute Gasteiger partial charge is 0.164 e. The summed E-state index contributed by atoms with van der Waals surface area (Å²) in [5.74, 6) is 1.83. The van der Waals surface area contributed by atoms with Gasteiger partial charge in [0.25, 0.3) is 0 Å². The van der Waals surface area contributed by atoms with Gasteiger partial charge in [0, 0.05) is 53.0 Å². The second-order valence-electron chi connectivity index (χ2n) is 13.5. The van der Waals surface area contributed by atoms with Crippen molar-refractivity contribution in [2.75, 3.05) is 0 Å². The molecule has 0 spiro atoms. The minimum absolute atomic E-state index is 0.593. The van der Waals surface area contributed by atoms with Crippen LogP contribution in [0.5, 0.6) is 0 Å². The molecular formula is C49H29N3OS. The van der Waals surface area contributed by atoms with Gasteiger partial charge in [-0.3, -0.25) is 0 Å². The van der Waals surface area contributed by atoms with Crippen molar-refractivity contribution in [2.45, 2.75) is 0 Å². The molecule has 0 bridgehead atoms. The molecule has 3 heterocycles. The van der Waals surface area contributed by atoms with E-state index in [2.05, 4.69) is 158 Å². The van der Waals surface area contributed by atoms with Crippen molar-refractivity contribution in [2.24, 2.45) is 0 Å². The standard InChI is InChI=1S/C49H29N3OS/c1-3-14-30(15-4-1)33-18-7-10-22-37(33)48-50-47(32-26-27-44-40(28-32)35-20-11-12-25-43(35)54-44)51-49(52-48)38-23-13-24-42-45(38)41-29-39(31-16-5-2-6-17-31)34-19-8-9-21-36(34)46(41)53-42/h1-29H. The Morgan fingerprint density at radius 2 is 0.944 bits per heavy atom. The van der Waals surface area contributed by atoms with E-state index in [0.29, 0.717) is 17.5 Å². The Balaban J connectivity index is 1.20. The fraction of sp³-hybridized carbons (Fsp3) is 0. The SMILES string of the molecule is c1ccc(-c2ccccc2-c2nc(-c3ccc4sc5ccccc5c4c3)nc(-c3cccc4oc5c6ccccc6c(-c6ccccc6)cc5c34)n2)cc1. The summed E-state index contributed by atoms with van der Waals surface area (Å²) in [6.45, 7) is 0. The number of hydrogen-bond acceptors (Lipinski definition) is 5. The second kappa shape index (κ2) is 12.3. The lowest BCUT2D eigenvalue weighted by Gasteiger charge is -2.13. The van der Waals surface area contributed by atoms with E-state index in [-0.39, 0.29) is 0 Å². The fourth-order valence-electron chi connectivity index (χ4n) is 7.85. The maximum absolute atomic E-state index is 6.74. The zero-order valence-electron chi connectivity index (χ0n) is 28.9. The summed E-state index contributed by atoms with van der Waals surface area (Å²) in [4.78, 5) is 15.8. The molecule has 3 aromatic heterocycles. The summed E-state index contributed by atoms with van der Waals surface area (Å²) >= 11 is 1.81. The highest BCUT2D eigenvalue weighted by atomic mass is 32.1. The first-order valence-corrected chi connectivity index (χ1v) is 18.8. The van der Waals surface area contributed by atoms with Gasteiger partial charge in [-0.1, -0.05) is 140 Å². The first-order chi connectivity index (χ1) is 26.8. The third kappa shape index (κ3) is 4.94. The van der Waals surface area contributed by atoms with Crippen LogP contribution in [0.1, 0.15) is 0 Å². The van der Waals surface area contributed by atoms with Gasteiger partial charge in [0.05, 0.1) is 0 Å². The van der Waals surface area contributed by atoms with Gasteiger partial charge in [-0.25, -0.2) is 15.0 Å². The maximum atomic E-state index is 6.74. The molecule has 8 aromatic carbocycles. The van der Waals surface area contributed by atoms with Crippen LogP contribution < -0.4 is 0 Å². The van der Waals surface area contributed by atoms with Gasteiger partial charge in [-0.2, -0.15) is 0 Å². The summed E-state index contributed by atoms with van der Waals surface area (Å²) in [6.07, 6.45) is 0. The number of thiophene rings is 1. The van der Waals surface area contributed by atoms with Gasteiger partial charge in [0.2, 0.25) is 0 Å². The molecule has 0 aliphatic rings. The first-order valence-electron chi connectivity index (χ1n) is 18.0. The van der Waals surface area contributed by atoms with Crippen molar-refractivity contribution in [3.05, 3.63) is 176 Å². The van der Waals surface area contributed by atoms with E-state index in [1.165, 1.54) is 20.2 Å². The molecule has 54 heavy (non-hydrogen) atoms. The molecule has 0 amide bonds. The Labute approximate surface area is 314 Å². The normalized spacial score (nSPS) is 11.7. The third-order valence-corrected chi connectivity index (χ3v) is 11.5. The van der Waals surface area contributed by atoms with Crippen LogP contribution >= 0.6 is 11.3 Å². The lowest BCUT2D eigenvalue weighted by atomic mass is 9.94. The summed E-state index contributed by atoms with van der Waals surface area (Å²) < 4.78 is 9.24. The molecule has 0 aliphatic carbocycles. The van der Waals surface area contributed by atoms with Crippen molar-refractivity contribution in [1.29, 1.82) is 0 Å². The number of hydrogen-bond donors (Lipinski definition) is 0. The Hall–Kier alpha value is -6.95. The van der Waals surface area contributed by atoms with Gasteiger partial charge in [0.15, 0.2) is 17.5 Å². The summed E-state index contributed by atoms with van der Waals surface area (Å²) in [5.41, 5.74) is 8.89. The van der Waals surface area contributed by atoms with Crippen molar-refractivity contribution in [3.8, 4) is 56.4 Å². The molecule has 0 fully saturated rings. The lowest BCUT2D eigenvalue weighted by molar-refractivity contribution is 0.673. The highest BCUT2D eigenvalue weighted by molar-refractivity contribution is 7.25. The van der Waals surface area contributed by atoms with E-state index in [0.717, 1.165) is 71.7 Å². The minimum Gasteiger partial charge on any atom is -0.455 e. The van der Waals surface area contributed by atoms with Gasteiger partial charge < -0.3 is 4.42 Å². The van der Waals surface area contributed by atoms with Crippen LogP contribution in [0.15, 0.2) is 180 Å². The largest absolute Gasteiger partial charge is 0.455 e. The number of aromatic nitrogens is 3. The number of rotatable bonds is 5. The zero-order chi connectivity index (χ0) is 35.6. The summed E-state index contributed by atoms with van der Waals surface area (Å²) in [7, 11) is 0. The quantitative estimate of drug-likeness (QED) is 0.179. The van der Waals surface area contributed by atoms with Crippen LogP contribution in [0.2, 0.25) is 0 Å². The molecule has 0 saturated carbocycles. The van der Waals surface area contributed by atoms with E-state index >= 15 is 0 Å². The van der Waals surface area contributed by atoms with Crippen LogP contribution in [-0.2, 0) is 0 Å². The maximum Gasteiger partial charge on any atom is 0.164 e. The van der Waals surface area contributed by atoms with E-state index < -0.39 is 0 Å². The molecule has 0 aliphatic heterocycles. The molecule has 4 nitrogen and oxygen atoms in total. The van der Waals surface area contributed by atoms with Crippen LogP contribution in [0.4, 0.5) is 0 Å². The van der Waals surface area contributed by atoms with Crippen LogP contribution in [0.3, 0.4) is 0 Å². The molecule has 0 atom stereocenters. The van der Waals surface area contributed by atoms with Crippen molar-refractivity contribution >= 4 is 64.2 Å². The highest BCUT2D eigenvalue weighted by Gasteiger charge is 2.22. The topological polar surface area (TPSA) is 51.8 Å². The second-order valence-corrected chi connectivity index (χ2v) is 14.6. The van der Waals surface area contributed by atoms with Gasteiger partial charge in [-0.05, 0) is 64.0 Å². The number of benzene rings is 8. The molecule has 0 saturated heterocycles. The van der Waals surface area contributed by atoms with Crippen molar-refractivity contribution in [3.63, 3.8) is 0 Å². The van der Waals surface area contributed by atoms with Gasteiger partial charge in [-0.15, -0.1) is 11.3 Å². The van der Waals surface area contributed by atoms with E-state index in [4.69, 9.17) is 19.4 Å². The Morgan fingerprint density at radius 1 is 0.352 bits per heavy atom. The predicted molar refractivity (Wildman–Crippen MR) is 225 cm³/mol. The molecule has 252 valence electrons. The highest BCUT2D eigenvalue weighted by Crippen LogP contribution is 2.43. The van der Waals surface area contributed by atoms with Crippen LogP contribution in [-0.4, -0.2) is 15.0 Å². The number of furan rings is 1. The average molecular weight is 708 g/mol. The van der Waals surface area contributed by atoms with E-state index in [9.17, 15) is 0 Å². The van der Waals surface area contributed by atoms with Crippen molar-refractivity contribution in [1.82, 2.24) is 15.0 Å².